The van der Waals surface area contributed by atoms with Crippen molar-refractivity contribution >= 4 is 40.1 Å². The molecule has 2 aromatic carbocycles. The molecule has 6 heteroatoms. The number of para-hydroxylation sites is 2. The zero-order valence-electron chi connectivity index (χ0n) is 16.9. The summed E-state index contributed by atoms with van der Waals surface area (Å²) in [6.07, 6.45) is 3.21. The molecule has 0 aliphatic carbocycles. The molecule has 1 fully saturated rings. The van der Waals surface area contributed by atoms with Crippen LogP contribution >= 0.6 is 11.8 Å². The van der Waals surface area contributed by atoms with Crippen LogP contribution in [0.3, 0.4) is 0 Å². The molecule has 29 heavy (non-hydrogen) atoms. The van der Waals surface area contributed by atoms with Crippen LogP contribution in [0.25, 0.3) is 0 Å². The first kappa shape index (κ1) is 21.1. The van der Waals surface area contributed by atoms with Crippen molar-refractivity contribution in [2.75, 3.05) is 11.9 Å². The van der Waals surface area contributed by atoms with Gasteiger partial charge in [-0.1, -0.05) is 67.9 Å². The van der Waals surface area contributed by atoms with Crippen molar-refractivity contribution < 1.29 is 9.59 Å². The van der Waals surface area contributed by atoms with Gasteiger partial charge in [-0.15, -0.1) is 0 Å². The Morgan fingerprint density at radius 1 is 1.10 bits per heavy atom. The Labute approximate surface area is 176 Å². The standard InChI is InChI=1S/C23H27N3O2S/c1-3-4-10-15-26-22(28)20(29-23(26)24-18-12-6-5-7-13-18)16-21(27)25-19-14-9-8-11-17(19)2/h5-9,11-14,20H,3-4,10,15-16H2,1-2H3,(H,25,27)/t20-/m0/s1. The number of nitrogens with one attached hydrogen (secondary N) is 1. The van der Waals surface area contributed by atoms with Crippen LogP contribution in [-0.4, -0.2) is 33.7 Å². The zero-order chi connectivity index (χ0) is 20.6. The number of amidine groups is 1. The van der Waals surface area contributed by atoms with Crippen molar-refractivity contribution in [2.45, 2.75) is 44.8 Å². The number of thioether (sulfide) groups is 1. The smallest absolute Gasteiger partial charge is 0.242 e. The third-order valence-corrected chi connectivity index (χ3v) is 5.95. The molecule has 0 spiro atoms. The maximum Gasteiger partial charge on any atom is 0.242 e. The van der Waals surface area contributed by atoms with Gasteiger partial charge in [0.05, 0.1) is 5.69 Å². The predicted octanol–water partition coefficient (Wildman–Crippen LogP) is 5.15. The SMILES string of the molecule is CCCCCN1C(=O)[C@H](CC(=O)Nc2ccccc2C)SC1=Nc1ccccc1. The molecule has 1 N–H and O–H groups in total. The normalized spacial score (nSPS) is 17.7. The molecule has 0 bridgehead atoms. The van der Waals surface area contributed by atoms with E-state index in [0.29, 0.717) is 11.7 Å². The molecule has 152 valence electrons. The van der Waals surface area contributed by atoms with Gasteiger partial charge in [-0.3, -0.25) is 14.5 Å². The summed E-state index contributed by atoms with van der Waals surface area (Å²) >= 11 is 1.39. The van der Waals surface area contributed by atoms with Gasteiger partial charge in [-0.25, -0.2) is 4.99 Å². The van der Waals surface area contributed by atoms with Crippen LogP contribution in [0.15, 0.2) is 59.6 Å². The molecular formula is C23H27N3O2S. The second-order valence-corrected chi connectivity index (χ2v) is 8.27. The highest BCUT2D eigenvalue weighted by Gasteiger charge is 2.38. The Hall–Kier alpha value is -2.60. The number of rotatable bonds is 8. The molecule has 1 saturated heterocycles. The van der Waals surface area contributed by atoms with Crippen molar-refractivity contribution in [1.29, 1.82) is 0 Å². The average Bonchev–Trinajstić information content (AvgIpc) is 2.99. The van der Waals surface area contributed by atoms with Crippen LogP contribution in [0.1, 0.15) is 38.2 Å². The molecule has 0 radical (unpaired) electrons. The zero-order valence-corrected chi connectivity index (χ0v) is 17.7. The summed E-state index contributed by atoms with van der Waals surface area (Å²) in [5.41, 5.74) is 2.60. The highest BCUT2D eigenvalue weighted by atomic mass is 32.2. The van der Waals surface area contributed by atoms with Gasteiger partial charge in [0.2, 0.25) is 11.8 Å². The van der Waals surface area contributed by atoms with Crippen molar-refractivity contribution in [3.63, 3.8) is 0 Å². The third-order valence-electron chi connectivity index (χ3n) is 4.78. The van der Waals surface area contributed by atoms with E-state index in [1.165, 1.54) is 11.8 Å². The highest BCUT2D eigenvalue weighted by molar-refractivity contribution is 8.15. The molecule has 1 aliphatic heterocycles. The van der Waals surface area contributed by atoms with Crippen LogP contribution < -0.4 is 5.32 Å². The summed E-state index contributed by atoms with van der Waals surface area (Å²) in [7, 11) is 0. The van der Waals surface area contributed by atoms with E-state index in [9.17, 15) is 9.59 Å². The van der Waals surface area contributed by atoms with E-state index in [1.54, 1.807) is 4.90 Å². The Balaban J connectivity index is 1.72. The molecule has 2 aromatic rings. The summed E-state index contributed by atoms with van der Waals surface area (Å²) in [6.45, 7) is 4.73. The van der Waals surface area contributed by atoms with Crippen molar-refractivity contribution in [2.24, 2.45) is 4.99 Å². The number of benzene rings is 2. The molecule has 0 aromatic heterocycles. The molecule has 2 amide bonds. The molecule has 5 nitrogen and oxygen atoms in total. The summed E-state index contributed by atoms with van der Waals surface area (Å²) in [4.78, 5) is 32.0. The monoisotopic (exact) mass is 409 g/mol. The predicted molar refractivity (Wildman–Crippen MR) is 121 cm³/mol. The van der Waals surface area contributed by atoms with Crippen molar-refractivity contribution in [1.82, 2.24) is 4.90 Å². The van der Waals surface area contributed by atoms with E-state index in [1.807, 2.05) is 61.5 Å². The van der Waals surface area contributed by atoms with E-state index in [0.717, 1.165) is 36.2 Å². The molecule has 1 atom stereocenters. The first-order valence-electron chi connectivity index (χ1n) is 10.1. The fourth-order valence-corrected chi connectivity index (χ4v) is 4.33. The maximum atomic E-state index is 13.0. The Bertz CT molecular complexity index is 883. The second kappa shape index (κ2) is 10.3. The number of aryl methyl sites for hydroxylation is 1. The van der Waals surface area contributed by atoms with E-state index >= 15 is 0 Å². The fourth-order valence-electron chi connectivity index (χ4n) is 3.15. The van der Waals surface area contributed by atoms with Gasteiger partial charge in [0.1, 0.15) is 5.25 Å². The minimum Gasteiger partial charge on any atom is -0.326 e. The van der Waals surface area contributed by atoms with Crippen LogP contribution in [0.4, 0.5) is 11.4 Å². The quantitative estimate of drug-likeness (QED) is 0.614. The first-order valence-corrected chi connectivity index (χ1v) is 10.9. The average molecular weight is 410 g/mol. The van der Waals surface area contributed by atoms with Crippen LogP contribution in [0, 0.1) is 6.92 Å². The number of anilines is 1. The molecular weight excluding hydrogens is 382 g/mol. The number of amides is 2. The van der Waals surface area contributed by atoms with Crippen LogP contribution in [-0.2, 0) is 9.59 Å². The van der Waals surface area contributed by atoms with Gasteiger partial charge in [-0.05, 0) is 37.1 Å². The van der Waals surface area contributed by atoms with E-state index in [-0.39, 0.29) is 18.2 Å². The molecule has 0 unspecified atom stereocenters. The Kier molecular flexibility index (Phi) is 7.47. The highest BCUT2D eigenvalue weighted by Crippen LogP contribution is 2.32. The summed E-state index contributed by atoms with van der Waals surface area (Å²) < 4.78 is 0. The van der Waals surface area contributed by atoms with Crippen molar-refractivity contribution in [3.05, 3.63) is 60.2 Å². The van der Waals surface area contributed by atoms with Gasteiger partial charge >= 0.3 is 0 Å². The van der Waals surface area contributed by atoms with Crippen molar-refractivity contribution in [3.8, 4) is 0 Å². The lowest BCUT2D eigenvalue weighted by molar-refractivity contribution is -0.128. The lowest BCUT2D eigenvalue weighted by Gasteiger charge is -2.16. The van der Waals surface area contributed by atoms with Gasteiger partial charge < -0.3 is 5.32 Å². The van der Waals surface area contributed by atoms with Gasteiger partial charge in [-0.2, -0.15) is 0 Å². The van der Waals surface area contributed by atoms with E-state index < -0.39 is 5.25 Å². The van der Waals surface area contributed by atoms with Gasteiger partial charge in [0.15, 0.2) is 5.17 Å². The van der Waals surface area contributed by atoms with E-state index in [2.05, 4.69) is 17.2 Å². The topological polar surface area (TPSA) is 61.8 Å². The maximum absolute atomic E-state index is 13.0. The molecule has 3 rings (SSSR count). The third kappa shape index (κ3) is 5.70. The number of hydrogen-bond donors (Lipinski definition) is 1. The Morgan fingerprint density at radius 3 is 2.55 bits per heavy atom. The molecule has 1 aliphatic rings. The first-order chi connectivity index (χ1) is 14.1. The van der Waals surface area contributed by atoms with Gasteiger partial charge in [0, 0.05) is 18.7 Å². The number of carbonyl (C=O) groups excluding carboxylic acids is 2. The van der Waals surface area contributed by atoms with Gasteiger partial charge in [0.25, 0.3) is 0 Å². The minimum atomic E-state index is -0.442. The Morgan fingerprint density at radius 2 is 1.83 bits per heavy atom. The molecule has 0 saturated carbocycles. The van der Waals surface area contributed by atoms with Crippen LogP contribution in [0.5, 0.6) is 0 Å². The van der Waals surface area contributed by atoms with E-state index in [4.69, 9.17) is 0 Å². The number of aliphatic imine (C=N–C) groups is 1. The van der Waals surface area contributed by atoms with Crippen LogP contribution in [0.2, 0.25) is 0 Å². The molecule has 1 heterocycles. The number of nitrogens with zero attached hydrogens (tertiary/aromatic N) is 2. The summed E-state index contributed by atoms with van der Waals surface area (Å²) in [6, 6.07) is 17.3. The lowest BCUT2D eigenvalue weighted by atomic mass is 10.2. The number of carbonyl (C=O) groups is 2. The summed E-state index contributed by atoms with van der Waals surface area (Å²) in [5.74, 6) is -0.180. The lowest BCUT2D eigenvalue weighted by Crippen LogP contribution is -2.34. The fraction of sp³-hybridized carbons (Fsp3) is 0.348. The number of unbranched alkanes of at least 4 members (excludes halogenated alkanes) is 2. The summed E-state index contributed by atoms with van der Waals surface area (Å²) in [5, 5.41) is 3.17. The number of hydrogen-bond acceptors (Lipinski definition) is 4. The largest absolute Gasteiger partial charge is 0.326 e. The minimum absolute atomic E-state index is 0.0271. The second-order valence-electron chi connectivity index (χ2n) is 7.10.